The number of carbonyl (C=O) groups is 2. The summed E-state index contributed by atoms with van der Waals surface area (Å²) < 4.78 is 12.0. The molecule has 0 amide bonds. The lowest BCUT2D eigenvalue weighted by Crippen LogP contribution is -2.54. The molecule has 6 nitrogen and oxygen atoms in total. The van der Waals surface area contributed by atoms with Gasteiger partial charge in [-0.05, 0) is 68.1 Å². The molecule has 1 aliphatic heterocycles. The quantitative estimate of drug-likeness (QED) is 0.258. The van der Waals surface area contributed by atoms with E-state index in [0.29, 0.717) is 25.4 Å². The monoisotopic (exact) mass is 520 g/mol. The van der Waals surface area contributed by atoms with E-state index in [1.165, 1.54) is 44.9 Å². The van der Waals surface area contributed by atoms with Gasteiger partial charge in [0.2, 0.25) is 0 Å². The summed E-state index contributed by atoms with van der Waals surface area (Å²) in [7, 11) is 0. The molecule has 1 saturated heterocycles. The summed E-state index contributed by atoms with van der Waals surface area (Å²) in [5, 5.41) is 20.8. The normalized spacial score (nSPS) is 41.2. The van der Waals surface area contributed by atoms with E-state index in [0.717, 1.165) is 38.5 Å². The number of carbonyl (C=O) groups excluding carboxylic acids is 2. The number of rotatable bonds is 11. The van der Waals surface area contributed by atoms with Gasteiger partial charge in [-0.2, -0.15) is 0 Å². The van der Waals surface area contributed by atoms with Crippen molar-refractivity contribution >= 4 is 11.9 Å². The van der Waals surface area contributed by atoms with Crippen LogP contribution >= 0.6 is 0 Å². The average molecular weight is 521 g/mol. The van der Waals surface area contributed by atoms with Crippen LogP contribution in [0.15, 0.2) is 0 Å². The van der Waals surface area contributed by atoms with Crippen LogP contribution in [0.2, 0.25) is 0 Å². The van der Waals surface area contributed by atoms with Gasteiger partial charge in [-0.1, -0.05) is 72.1 Å². The number of aliphatic hydroxyl groups excluding tert-OH is 2. The highest BCUT2D eigenvalue weighted by Gasteiger charge is 2.63. The van der Waals surface area contributed by atoms with Crippen molar-refractivity contribution in [1.82, 2.24) is 0 Å². The Kier molecular flexibility index (Phi) is 9.64. The fourth-order valence-corrected chi connectivity index (χ4v) is 8.73. The highest BCUT2D eigenvalue weighted by atomic mass is 16.5. The standard InChI is InChI=1S/C31H52O6/c1-4-5-6-7-8-9-10-11-12-13-28(34)37-27-15-14-22-21-20-36-29(35)24-18-25(32)26(33)19-31(24,3)23(21)16-17-30(22,27)2/h21-27,32-33H,4-20H2,1-3H3/t21-,22-,23-,24+,25-,26+,27-,30-,31+/m0/s1. The molecule has 212 valence electrons. The Morgan fingerprint density at radius 2 is 1.57 bits per heavy atom. The fraction of sp³-hybridized carbons (Fsp3) is 0.935. The molecule has 37 heavy (non-hydrogen) atoms. The molecule has 4 rings (SSSR count). The first-order valence-electron chi connectivity index (χ1n) is 15.4. The lowest BCUT2D eigenvalue weighted by atomic mass is 9.49. The highest BCUT2D eigenvalue weighted by molar-refractivity contribution is 5.74. The third kappa shape index (κ3) is 6.05. The van der Waals surface area contributed by atoms with Gasteiger partial charge >= 0.3 is 11.9 Å². The molecule has 0 aromatic rings. The Morgan fingerprint density at radius 1 is 0.919 bits per heavy atom. The van der Waals surface area contributed by atoms with E-state index < -0.39 is 12.2 Å². The number of hydrogen-bond acceptors (Lipinski definition) is 6. The number of aliphatic hydroxyl groups is 2. The molecular weight excluding hydrogens is 468 g/mol. The fourth-order valence-electron chi connectivity index (χ4n) is 8.73. The van der Waals surface area contributed by atoms with Crippen molar-refractivity contribution in [3.05, 3.63) is 0 Å². The van der Waals surface area contributed by atoms with Crippen LogP contribution in [0.25, 0.3) is 0 Å². The molecule has 4 aliphatic rings. The smallest absolute Gasteiger partial charge is 0.309 e. The number of unbranched alkanes of at least 4 members (excludes halogenated alkanes) is 8. The second-order valence-corrected chi connectivity index (χ2v) is 13.3. The number of fused-ring (bicyclic) bond motifs is 5. The maximum atomic E-state index is 13.0. The van der Waals surface area contributed by atoms with Crippen LogP contribution < -0.4 is 0 Å². The lowest BCUT2D eigenvalue weighted by molar-refractivity contribution is -0.165. The van der Waals surface area contributed by atoms with Crippen molar-refractivity contribution in [2.45, 2.75) is 142 Å². The predicted octanol–water partition coefficient (Wildman–Crippen LogP) is 5.96. The Labute approximate surface area is 224 Å². The zero-order valence-electron chi connectivity index (χ0n) is 23.6. The van der Waals surface area contributed by atoms with Gasteiger partial charge < -0.3 is 19.7 Å². The topological polar surface area (TPSA) is 93.1 Å². The molecule has 1 heterocycles. The minimum absolute atomic E-state index is 0.0549. The molecule has 9 atom stereocenters. The van der Waals surface area contributed by atoms with Gasteiger partial charge in [0.25, 0.3) is 0 Å². The van der Waals surface area contributed by atoms with Crippen molar-refractivity contribution in [3.8, 4) is 0 Å². The molecule has 4 fully saturated rings. The van der Waals surface area contributed by atoms with E-state index in [4.69, 9.17) is 9.47 Å². The molecule has 3 saturated carbocycles. The van der Waals surface area contributed by atoms with E-state index in [9.17, 15) is 19.8 Å². The van der Waals surface area contributed by atoms with Crippen LogP contribution in [-0.2, 0) is 19.1 Å². The second-order valence-electron chi connectivity index (χ2n) is 13.3. The lowest BCUT2D eigenvalue weighted by Gasteiger charge is -2.55. The zero-order valence-corrected chi connectivity index (χ0v) is 23.6. The summed E-state index contributed by atoms with van der Waals surface area (Å²) >= 11 is 0. The first-order chi connectivity index (χ1) is 17.7. The first kappa shape index (κ1) is 28.9. The van der Waals surface area contributed by atoms with E-state index in [-0.39, 0.29) is 53.0 Å². The number of esters is 2. The Morgan fingerprint density at radius 3 is 2.27 bits per heavy atom. The maximum absolute atomic E-state index is 13.0. The first-order valence-corrected chi connectivity index (χ1v) is 15.4. The van der Waals surface area contributed by atoms with Gasteiger partial charge in [0.1, 0.15) is 6.10 Å². The molecule has 0 aromatic heterocycles. The molecular formula is C31H52O6. The van der Waals surface area contributed by atoms with Crippen LogP contribution in [-0.4, -0.2) is 47.1 Å². The summed E-state index contributed by atoms with van der Waals surface area (Å²) in [4.78, 5) is 25.7. The molecule has 6 heteroatoms. The average Bonchev–Trinajstić information content (AvgIpc) is 3.14. The van der Waals surface area contributed by atoms with Crippen LogP contribution in [0.1, 0.15) is 124 Å². The molecule has 0 radical (unpaired) electrons. The minimum atomic E-state index is -0.864. The van der Waals surface area contributed by atoms with E-state index in [2.05, 4.69) is 20.8 Å². The Hall–Kier alpha value is -1.14. The highest BCUT2D eigenvalue weighted by Crippen LogP contribution is 2.63. The zero-order chi connectivity index (χ0) is 26.6. The van der Waals surface area contributed by atoms with Crippen LogP contribution in [0, 0.1) is 34.5 Å². The number of hydrogen-bond donors (Lipinski definition) is 2. The van der Waals surface area contributed by atoms with Crippen molar-refractivity contribution in [2.75, 3.05) is 6.61 Å². The van der Waals surface area contributed by atoms with Crippen molar-refractivity contribution in [3.63, 3.8) is 0 Å². The molecule has 0 unspecified atom stereocenters. The van der Waals surface area contributed by atoms with Crippen molar-refractivity contribution < 1.29 is 29.3 Å². The molecule has 0 spiro atoms. The summed E-state index contributed by atoms with van der Waals surface area (Å²) in [6.07, 6.45) is 14.4. The summed E-state index contributed by atoms with van der Waals surface area (Å²) in [5.41, 5.74) is -0.465. The Balaban J connectivity index is 1.30. The van der Waals surface area contributed by atoms with E-state index in [1.807, 2.05) is 0 Å². The number of cyclic esters (lactones) is 1. The van der Waals surface area contributed by atoms with E-state index >= 15 is 0 Å². The predicted molar refractivity (Wildman–Crippen MR) is 143 cm³/mol. The van der Waals surface area contributed by atoms with Gasteiger partial charge in [-0.25, -0.2) is 0 Å². The van der Waals surface area contributed by atoms with Crippen LogP contribution in [0.4, 0.5) is 0 Å². The van der Waals surface area contributed by atoms with Gasteiger partial charge in [0.05, 0.1) is 24.7 Å². The van der Waals surface area contributed by atoms with E-state index in [1.54, 1.807) is 0 Å². The molecule has 0 aromatic carbocycles. The molecule has 3 aliphatic carbocycles. The van der Waals surface area contributed by atoms with Crippen molar-refractivity contribution in [2.24, 2.45) is 34.5 Å². The van der Waals surface area contributed by atoms with Crippen molar-refractivity contribution in [1.29, 1.82) is 0 Å². The van der Waals surface area contributed by atoms with Gasteiger partial charge in [-0.3, -0.25) is 9.59 Å². The number of ether oxygens (including phenoxy) is 2. The third-order valence-corrected chi connectivity index (χ3v) is 11.0. The summed E-state index contributed by atoms with van der Waals surface area (Å²) in [5.74, 6) is 0.176. The maximum Gasteiger partial charge on any atom is 0.309 e. The molecule has 0 bridgehead atoms. The van der Waals surface area contributed by atoms with Gasteiger partial charge in [-0.15, -0.1) is 0 Å². The van der Waals surface area contributed by atoms with Crippen LogP contribution in [0.5, 0.6) is 0 Å². The molecule has 2 N–H and O–H groups in total. The largest absolute Gasteiger partial charge is 0.465 e. The van der Waals surface area contributed by atoms with Gasteiger partial charge in [0, 0.05) is 11.8 Å². The van der Waals surface area contributed by atoms with Crippen LogP contribution in [0.3, 0.4) is 0 Å². The third-order valence-electron chi connectivity index (χ3n) is 11.0. The summed E-state index contributed by atoms with van der Waals surface area (Å²) in [6.45, 7) is 7.07. The summed E-state index contributed by atoms with van der Waals surface area (Å²) in [6, 6.07) is 0. The minimum Gasteiger partial charge on any atom is -0.465 e. The SMILES string of the molecule is CCCCCCCCCCCC(=O)O[C@H]1CC[C@H]2[C@@H]3COC(=O)[C@H]4C[C@H](O)[C@H](O)C[C@]4(C)[C@H]3CC[C@]12C. The second kappa shape index (κ2) is 12.4. The Bertz CT molecular complexity index is 784. The van der Waals surface area contributed by atoms with Gasteiger partial charge in [0.15, 0.2) is 0 Å².